The Morgan fingerprint density at radius 1 is 1.17 bits per heavy atom. The first-order valence-corrected chi connectivity index (χ1v) is 13.7. The highest BCUT2D eigenvalue weighted by atomic mass is 32.2. The van der Waals surface area contributed by atoms with E-state index in [0.717, 1.165) is 49.5 Å². The summed E-state index contributed by atoms with van der Waals surface area (Å²) in [7, 11) is -3.83. The maximum Gasteiger partial charge on any atom is 0.316 e. The molecular formula is C26H35N5O4S. The quantitative estimate of drug-likeness (QED) is 0.483. The predicted octanol–water partition coefficient (Wildman–Crippen LogP) is 4.47. The van der Waals surface area contributed by atoms with Crippen molar-refractivity contribution >= 4 is 38.5 Å². The number of rotatable bonds is 7. The van der Waals surface area contributed by atoms with Gasteiger partial charge >= 0.3 is 6.03 Å². The van der Waals surface area contributed by atoms with Gasteiger partial charge in [0.1, 0.15) is 5.82 Å². The Bertz CT molecular complexity index is 1340. The molecule has 3 aromatic rings. The van der Waals surface area contributed by atoms with Crippen LogP contribution in [0.25, 0.3) is 11.0 Å². The van der Waals surface area contributed by atoms with E-state index in [0.29, 0.717) is 17.3 Å². The van der Waals surface area contributed by atoms with Crippen LogP contribution >= 0.6 is 0 Å². The number of primary amides is 1. The molecule has 3 N–H and O–H groups in total. The lowest BCUT2D eigenvalue weighted by atomic mass is 9.94. The van der Waals surface area contributed by atoms with Gasteiger partial charge in [0, 0.05) is 37.4 Å². The number of nitrogens with one attached hydrogen (secondary N) is 1. The van der Waals surface area contributed by atoms with E-state index < -0.39 is 16.1 Å². The molecule has 9 nitrogen and oxygen atoms in total. The lowest BCUT2D eigenvalue weighted by molar-refractivity contribution is 0.0611. The number of urea groups is 1. The van der Waals surface area contributed by atoms with E-state index in [9.17, 15) is 13.2 Å². The summed E-state index contributed by atoms with van der Waals surface area (Å²) < 4.78 is 36.2. The van der Waals surface area contributed by atoms with Gasteiger partial charge < -0.3 is 20.4 Å². The van der Waals surface area contributed by atoms with Crippen molar-refractivity contribution in [1.29, 1.82) is 0 Å². The summed E-state index contributed by atoms with van der Waals surface area (Å²) in [5.41, 5.74) is 7.74. The SMILES string of the molecule is CCN(c1ccc2c(c1)nc(C(C)(C)C)n2CC1CCOCC1)S(=O)(=O)c1ccc(NC(N)=O)cc1. The van der Waals surface area contributed by atoms with E-state index in [2.05, 4.69) is 30.7 Å². The monoisotopic (exact) mass is 513 g/mol. The molecule has 0 spiro atoms. The fraction of sp³-hybridized carbons (Fsp3) is 0.462. The van der Waals surface area contributed by atoms with Crippen LogP contribution in [0.5, 0.6) is 0 Å². The Kier molecular flexibility index (Phi) is 7.28. The molecule has 2 amide bonds. The highest BCUT2D eigenvalue weighted by Gasteiger charge is 2.28. The third kappa shape index (κ3) is 5.34. The summed E-state index contributed by atoms with van der Waals surface area (Å²) in [6.07, 6.45) is 2.05. The van der Waals surface area contributed by atoms with Crippen molar-refractivity contribution in [3.63, 3.8) is 0 Å². The van der Waals surface area contributed by atoms with Crippen LogP contribution in [-0.2, 0) is 26.7 Å². The molecule has 2 heterocycles. The fourth-order valence-electron chi connectivity index (χ4n) is 4.69. The van der Waals surface area contributed by atoms with E-state index in [4.69, 9.17) is 15.5 Å². The van der Waals surface area contributed by atoms with E-state index >= 15 is 0 Å². The zero-order valence-corrected chi connectivity index (χ0v) is 22.1. The van der Waals surface area contributed by atoms with Crippen LogP contribution in [0, 0.1) is 5.92 Å². The van der Waals surface area contributed by atoms with Crippen LogP contribution in [-0.4, -0.2) is 43.8 Å². The number of aromatic nitrogens is 2. The highest BCUT2D eigenvalue weighted by molar-refractivity contribution is 7.92. The Hall–Kier alpha value is -3.11. The molecule has 1 saturated heterocycles. The lowest BCUT2D eigenvalue weighted by Crippen LogP contribution is -2.30. The second-order valence-electron chi connectivity index (χ2n) is 10.2. The van der Waals surface area contributed by atoms with E-state index in [1.807, 2.05) is 18.2 Å². The van der Waals surface area contributed by atoms with Gasteiger partial charge in [-0.2, -0.15) is 0 Å². The minimum Gasteiger partial charge on any atom is -0.381 e. The summed E-state index contributed by atoms with van der Waals surface area (Å²) in [6, 6.07) is 10.9. The number of imidazole rings is 1. The zero-order chi connectivity index (χ0) is 26.1. The van der Waals surface area contributed by atoms with Crippen LogP contribution < -0.4 is 15.4 Å². The van der Waals surface area contributed by atoms with Gasteiger partial charge in [-0.05, 0) is 68.1 Å². The molecule has 36 heavy (non-hydrogen) atoms. The minimum atomic E-state index is -3.83. The number of ether oxygens (including phenoxy) is 1. The number of nitrogens with two attached hydrogens (primary N) is 1. The molecule has 1 fully saturated rings. The summed E-state index contributed by atoms with van der Waals surface area (Å²) in [4.78, 5) is 16.2. The van der Waals surface area contributed by atoms with Crippen LogP contribution in [0.2, 0.25) is 0 Å². The predicted molar refractivity (Wildman–Crippen MR) is 142 cm³/mol. The van der Waals surface area contributed by atoms with Crippen molar-refractivity contribution in [2.24, 2.45) is 11.7 Å². The topological polar surface area (TPSA) is 120 Å². The Balaban J connectivity index is 1.70. The molecule has 1 aromatic heterocycles. The average Bonchev–Trinajstić information content (AvgIpc) is 3.18. The molecule has 4 rings (SSSR count). The minimum absolute atomic E-state index is 0.125. The summed E-state index contributed by atoms with van der Waals surface area (Å²) in [6.45, 7) is 10.9. The van der Waals surface area contributed by atoms with Crippen molar-refractivity contribution in [2.45, 2.75) is 57.4 Å². The van der Waals surface area contributed by atoms with Gasteiger partial charge in [0.15, 0.2) is 0 Å². The maximum absolute atomic E-state index is 13.5. The average molecular weight is 514 g/mol. The van der Waals surface area contributed by atoms with Crippen molar-refractivity contribution in [2.75, 3.05) is 29.4 Å². The first-order chi connectivity index (χ1) is 17.0. The molecule has 0 atom stereocenters. The molecule has 0 radical (unpaired) electrons. The summed E-state index contributed by atoms with van der Waals surface area (Å²) in [5, 5.41) is 2.44. The molecule has 1 aliphatic rings. The lowest BCUT2D eigenvalue weighted by Gasteiger charge is -2.26. The number of carbonyl (C=O) groups is 1. The van der Waals surface area contributed by atoms with Gasteiger partial charge in [-0.3, -0.25) is 4.31 Å². The summed E-state index contributed by atoms with van der Waals surface area (Å²) in [5.74, 6) is 1.51. The van der Waals surface area contributed by atoms with Crippen molar-refractivity contribution in [3.8, 4) is 0 Å². The highest BCUT2D eigenvalue weighted by Crippen LogP contribution is 2.32. The van der Waals surface area contributed by atoms with E-state index in [1.165, 1.54) is 28.6 Å². The number of amides is 2. The second-order valence-corrected chi connectivity index (χ2v) is 12.1. The van der Waals surface area contributed by atoms with E-state index in [-0.39, 0.29) is 16.9 Å². The maximum atomic E-state index is 13.5. The smallest absolute Gasteiger partial charge is 0.316 e. The van der Waals surface area contributed by atoms with Gasteiger partial charge in [0.2, 0.25) is 0 Å². The standard InChI is InChI=1S/C26H35N5O4S/c1-5-31(36(33,34)21-9-6-19(7-10-21)28-25(27)32)20-8-11-23-22(16-20)29-24(26(2,3)4)30(23)17-18-12-14-35-15-13-18/h6-11,16,18H,5,12-15,17H2,1-4H3,(H3,27,28,32). The molecule has 0 saturated carbocycles. The molecule has 1 aliphatic heterocycles. The molecule has 0 aliphatic carbocycles. The van der Waals surface area contributed by atoms with Gasteiger partial charge in [-0.25, -0.2) is 18.2 Å². The van der Waals surface area contributed by atoms with Crippen molar-refractivity contribution < 1.29 is 17.9 Å². The normalized spacial score (nSPS) is 15.2. The number of sulfonamides is 1. The van der Waals surface area contributed by atoms with Crippen LogP contribution in [0.4, 0.5) is 16.2 Å². The Morgan fingerprint density at radius 2 is 1.83 bits per heavy atom. The molecule has 0 unspecified atom stereocenters. The van der Waals surface area contributed by atoms with Gasteiger partial charge in [-0.15, -0.1) is 0 Å². The van der Waals surface area contributed by atoms with Gasteiger partial charge in [0.05, 0.1) is 21.6 Å². The largest absolute Gasteiger partial charge is 0.381 e. The first-order valence-electron chi connectivity index (χ1n) is 12.3. The van der Waals surface area contributed by atoms with Gasteiger partial charge in [-0.1, -0.05) is 20.8 Å². The second kappa shape index (κ2) is 10.1. The van der Waals surface area contributed by atoms with Crippen LogP contribution in [0.3, 0.4) is 0 Å². The van der Waals surface area contributed by atoms with Crippen LogP contribution in [0.1, 0.15) is 46.4 Å². The summed E-state index contributed by atoms with van der Waals surface area (Å²) >= 11 is 0. The molecule has 0 bridgehead atoms. The Labute approximate surface area is 212 Å². The van der Waals surface area contributed by atoms with Gasteiger partial charge in [0.25, 0.3) is 10.0 Å². The number of nitrogens with zero attached hydrogens (tertiary/aromatic N) is 3. The number of hydrogen-bond acceptors (Lipinski definition) is 5. The third-order valence-electron chi connectivity index (χ3n) is 6.47. The molecule has 194 valence electrons. The number of hydrogen-bond donors (Lipinski definition) is 2. The Morgan fingerprint density at radius 3 is 2.42 bits per heavy atom. The number of anilines is 2. The zero-order valence-electron chi connectivity index (χ0n) is 21.3. The van der Waals surface area contributed by atoms with Crippen LogP contribution in [0.15, 0.2) is 47.4 Å². The number of carbonyl (C=O) groups excluding carboxylic acids is 1. The first kappa shape index (κ1) is 26.0. The third-order valence-corrected chi connectivity index (χ3v) is 8.39. The fourth-order valence-corrected chi connectivity index (χ4v) is 6.15. The van der Waals surface area contributed by atoms with E-state index in [1.54, 1.807) is 6.92 Å². The number of benzene rings is 2. The van der Waals surface area contributed by atoms with Crippen molar-refractivity contribution in [3.05, 3.63) is 48.3 Å². The molecule has 2 aromatic carbocycles. The molecular weight excluding hydrogens is 478 g/mol. The van der Waals surface area contributed by atoms with Crippen molar-refractivity contribution in [1.82, 2.24) is 9.55 Å². The number of fused-ring (bicyclic) bond motifs is 1. The molecule has 10 heteroatoms.